The van der Waals surface area contributed by atoms with Crippen LogP contribution in [0.15, 0.2) is 42.7 Å². The van der Waals surface area contributed by atoms with Gasteiger partial charge in [0.2, 0.25) is 0 Å². The number of nitrogens with zero attached hydrogens (tertiary/aromatic N) is 3. The number of hydrazine groups is 1. The first-order valence-corrected chi connectivity index (χ1v) is 7.51. The number of fused-ring (bicyclic) bond motifs is 1. The minimum absolute atomic E-state index is 0.0771. The monoisotopic (exact) mass is 296 g/mol. The van der Waals surface area contributed by atoms with Crippen molar-refractivity contribution in [3.63, 3.8) is 0 Å². The van der Waals surface area contributed by atoms with Crippen LogP contribution in [0.3, 0.4) is 0 Å². The maximum atomic E-state index is 12.9. The number of anilines is 3. The molecule has 5 nitrogen and oxygen atoms in total. The first kappa shape index (κ1) is 14.4. The van der Waals surface area contributed by atoms with Gasteiger partial charge in [0.05, 0.1) is 29.2 Å². The number of carbonyl (C=O) groups is 1. The van der Waals surface area contributed by atoms with Gasteiger partial charge in [0.1, 0.15) is 0 Å². The van der Waals surface area contributed by atoms with Crippen molar-refractivity contribution in [1.29, 1.82) is 0 Å². The smallest absolute Gasteiger partial charge is 0.253 e. The Kier molecular flexibility index (Phi) is 3.71. The third-order valence-corrected chi connectivity index (χ3v) is 4.10. The third kappa shape index (κ3) is 2.19. The minimum atomic E-state index is -0.0771. The van der Waals surface area contributed by atoms with Crippen molar-refractivity contribution in [2.75, 3.05) is 22.8 Å². The van der Waals surface area contributed by atoms with Crippen LogP contribution < -0.4 is 15.8 Å². The zero-order valence-electron chi connectivity index (χ0n) is 12.9. The van der Waals surface area contributed by atoms with E-state index < -0.39 is 0 Å². The number of benzene rings is 1. The Balaban J connectivity index is 2.04. The van der Waals surface area contributed by atoms with Crippen LogP contribution >= 0.6 is 0 Å². The first-order valence-electron chi connectivity index (χ1n) is 7.51. The largest absolute Gasteiger partial charge is 0.396 e. The van der Waals surface area contributed by atoms with Crippen molar-refractivity contribution in [1.82, 2.24) is 4.98 Å². The van der Waals surface area contributed by atoms with E-state index in [4.69, 9.17) is 5.73 Å². The Morgan fingerprint density at radius 1 is 1.32 bits per heavy atom. The number of hydrogen-bond acceptors (Lipinski definition) is 4. The van der Waals surface area contributed by atoms with Gasteiger partial charge < -0.3 is 5.73 Å². The molecule has 0 spiro atoms. The number of para-hydroxylation sites is 1. The van der Waals surface area contributed by atoms with E-state index in [-0.39, 0.29) is 11.8 Å². The average molecular weight is 296 g/mol. The molecule has 0 bridgehead atoms. The Hall–Kier alpha value is -2.56. The summed E-state index contributed by atoms with van der Waals surface area (Å²) < 4.78 is 0. The molecule has 1 aliphatic heterocycles. The molecule has 0 saturated carbocycles. The molecule has 114 valence electrons. The van der Waals surface area contributed by atoms with Crippen LogP contribution in [0.5, 0.6) is 0 Å². The molecule has 2 N–H and O–H groups in total. The molecule has 0 radical (unpaired) electrons. The number of aromatic nitrogens is 1. The number of nitrogens with two attached hydrogens (primary N) is 1. The Labute approximate surface area is 130 Å². The highest BCUT2D eigenvalue weighted by atomic mass is 16.2. The van der Waals surface area contributed by atoms with Gasteiger partial charge in [-0.1, -0.05) is 31.5 Å². The van der Waals surface area contributed by atoms with Crippen LogP contribution in [0.4, 0.5) is 17.1 Å². The lowest BCUT2D eigenvalue weighted by molar-refractivity contribution is -0.119. The van der Waals surface area contributed by atoms with Gasteiger partial charge in [-0.25, -0.2) is 5.01 Å². The van der Waals surface area contributed by atoms with E-state index in [1.807, 2.05) is 42.4 Å². The molecule has 1 aromatic heterocycles. The van der Waals surface area contributed by atoms with Gasteiger partial charge in [-0.3, -0.25) is 14.8 Å². The lowest BCUT2D eigenvalue weighted by Gasteiger charge is -2.31. The number of rotatable bonds is 4. The van der Waals surface area contributed by atoms with E-state index >= 15 is 0 Å². The van der Waals surface area contributed by atoms with Gasteiger partial charge in [-0.15, -0.1) is 0 Å². The molecule has 1 unspecified atom stereocenters. The van der Waals surface area contributed by atoms with Crippen molar-refractivity contribution in [3.05, 3.63) is 48.3 Å². The van der Waals surface area contributed by atoms with Crippen molar-refractivity contribution in [2.24, 2.45) is 0 Å². The fraction of sp³-hybridized carbons (Fsp3) is 0.294. The average Bonchev–Trinajstić information content (AvgIpc) is 2.80. The van der Waals surface area contributed by atoms with Crippen LogP contribution in [0.2, 0.25) is 0 Å². The zero-order chi connectivity index (χ0) is 15.7. The van der Waals surface area contributed by atoms with Gasteiger partial charge >= 0.3 is 0 Å². The van der Waals surface area contributed by atoms with Gasteiger partial charge in [0, 0.05) is 13.2 Å². The predicted molar refractivity (Wildman–Crippen MR) is 88.6 cm³/mol. The molecule has 22 heavy (non-hydrogen) atoms. The predicted octanol–water partition coefficient (Wildman–Crippen LogP) is 2.95. The summed E-state index contributed by atoms with van der Waals surface area (Å²) >= 11 is 0. The van der Waals surface area contributed by atoms with Crippen LogP contribution in [-0.2, 0) is 4.79 Å². The van der Waals surface area contributed by atoms with E-state index in [0.717, 1.165) is 29.8 Å². The molecule has 0 aliphatic carbocycles. The molecule has 0 fully saturated rings. The number of hydrogen-bond donors (Lipinski definition) is 1. The third-order valence-electron chi connectivity index (χ3n) is 4.10. The molecular weight excluding hydrogens is 276 g/mol. The highest BCUT2D eigenvalue weighted by Gasteiger charge is 2.39. The number of nitrogen functional groups attached to an aromatic ring is 1. The number of carbonyl (C=O) groups excluding carboxylic acids is 1. The molecule has 3 rings (SSSR count). The summed E-state index contributed by atoms with van der Waals surface area (Å²) in [6.07, 6.45) is 5.10. The molecule has 5 heteroatoms. The maximum Gasteiger partial charge on any atom is 0.253 e. The lowest BCUT2D eigenvalue weighted by atomic mass is 9.96. The fourth-order valence-corrected chi connectivity index (χ4v) is 3.05. The minimum Gasteiger partial charge on any atom is -0.396 e. The summed E-state index contributed by atoms with van der Waals surface area (Å²) in [6.45, 7) is 2.10. The summed E-state index contributed by atoms with van der Waals surface area (Å²) in [4.78, 5) is 16.9. The van der Waals surface area contributed by atoms with E-state index in [1.165, 1.54) is 0 Å². The molecule has 0 saturated heterocycles. The number of pyridine rings is 1. The first-order chi connectivity index (χ1) is 10.6. The van der Waals surface area contributed by atoms with Gasteiger partial charge in [0.25, 0.3) is 5.91 Å². The SMILES string of the molecule is CCCC1C(=O)N(N(C)c2ccncc2N)c2ccccc21. The van der Waals surface area contributed by atoms with E-state index in [9.17, 15) is 4.79 Å². The molecule has 1 aliphatic rings. The number of amides is 1. The molecule has 1 amide bonds. The molecule has 2 heterocycles. The highest BCUT2D eigenvalue weighted by Crippen LogP contribution is 2.41. The van der Waals surface area contributed by atoms with Crippen molar-refractivity contribution in [3.8, 4) is 0 Å². The van der Waals surface area contributed by atoms with Crippen LogP contribution in [0, 0.1) is 0 Å². The van der Waals surface area contributed by atoms with Gasteiger partial charge in [-0.05, 0) is 24.1 Å². The van der Waals surface area contributed by atoms with Gasteiger partial charge in [-0.2, -0.15) is 0 Å². The Morgan fingerprint density at radius 3 is 2.82 bits per heavy atom. The summed E-state index contributed by atoms with van der Waals surface area (Å²) in [5, 5.41) is 3.54. The lowest BCUT2D eigenvalue weighted by Crippen LogP contribution is -2.43. The van der Waals surface area contributed by atoms with Crippen molar-refractivity contribution < 1.29 is 4.79 Å². The zero-order valence-corrected chi connectivity index (χ0v) is 12.9. The van der Waals surface area contributed by atoms with Crippen molar-refractivity contribution in [2.45, 2.75) is 25.7 Å². The van der Waals surface area contributed by atoms with E-state index in [2.05, 4.69) is 11.9 Å². The van der Waals surface area contributed by atoms with E-state index in [0.29, 0.717) is 5.69 Å². The molecule has 1 atom stereocenters. The topological polar surface area (TPSA) is 62.5 Å². The second-order valence-electron chi connectivity index (χ2n) is 5.51. The second kappa shape index (κ2) is 5.67. The molecular formula is C17H20N4O. The van der Waals surface area contributed by atoms with E-state index in [1.54, 1.807) is 17.4 Å². The Bertz CT molecular complexity index is 701. The Morgan fingerprint density at radius 2 is 2.09 bits per heavy atom. The summed E-state index contributed by atoms with van der Waals surface area (Å²) in [6, 6.07) is 9.78. The van der Waals surface area contributed by atoms with Crippen LogP contribution in [0.25, 0.3) is 0 Å². The van der Waals surface area contributed by atoms with Crippen LogP contribution in [-0.4, -0.2) is 17.9 Å². The van der Waals surface area contributed by atoms with Gasteiger partial charge in [0.15, 0.2) is 0 Å². The second-order valence-corrected chi connectivity index (χ2v) is 5.51. The quantitative estimate of drug-likeness (QED) is 0.942. The summed E-state index contributed by atoms with van der Waals surface area (Å²) in [7, 11) is 1.86. The highest BCUT2D eigenvalue weighted by molar-refractivity contribution is 6.06. The maximum absolute atomic E-state index is 12.9. The standard InChI is InChI=1S/C17H20N4O/c1-3-6-13-12-7-4-5-8-15(12)21(17(13)22)20(2)16-9-10-19-11-14(16)18/h4-5,7-11,13H,3,6,18H2,1-2H3. The summed E-state index contributed by atoms with van der Waals surface area (Å²) in [5.41, 5.74) is 9.36. The normalized spacial score (nSPS) is 16.7. The fourth-order valence-electron chi connectivity index (χ4n) is 3.05. The summed E-state index contributed by atoms with van der Waals surface area (Å²) in [5.74, 6) is 0.0217. The molecule has 2 aromatic rings. The van der Waals surface area contributed by atoms with Crippen LogP contribution in [0.1, 0.15) is 31.2 Å². The molecule has 1 aromatic carbocycles. The van der Waals surface area contributed by atoms with Crippen molar-refractivity contribution >= 4 is 23.0 Å².